The van der Waals surface area contributed by atoms with Gasteiger partial charge in [0, 0.05) is 51.2 Å². The molecule has 0 bridgehead atoms. The van der Waals surface area contributed by atoms with Gasteiger partial charge in [-0.1, -0.05) is 13.8 Å². The Kier molecular flexibility index (Phi) is 5.44. The van der Waals surface area contributed by atoms with Crippen LogP contribution in [0, 0.1) is 11.8 Å². The van der Waals surface area contributed by atoms with Crippen molar-refractivity contribution in [3.63, 3.8) is 0 Å². The highest BCUT2D eigenvalue weighted by Gasteiger charge is 2.28. The van der Waals surface area contributed by atoms with Crippen molar-refractivity contribution in [3.8, 4) is 0 Å². The molecule has 0 aromatic heterocycles. The number of amides is 1. The first-order valence-electron chi connectivity index (χ1n) is 8.22. The van der Waals surface area contributed by atoms with E-state index in [2.05, 4.69) is 23.6 Å². The van der Waals surface area contributed by atoms with Gasteiger partial charge >= 0.3 is 0 Å². The molecule has 1 amide bonds. The number of hydrogen-bond donors (Lipinski definition) is 0. The van der Waals surface area contributed by atoms with Crippen LogP contribution >= 0.6 is 0 Å². The van der Waals surface area contributed by atoms with Crippen molar-refractivity contribution in [1.82, 2.24) is 14.7 Å². The zero-order valence-electron chi connectivity index (χ0n) is 13.6. The molecule has 0 N–H and O–H groups in total. The Hall–Kier alpha value is -0.610. The summed E-state index contributed by atoms with van der Waals surface area (Å²) >= 11 is 0. The van der Waals surface area contributed by atoms with Gasteiger partial charge in [0.15, 0.2) is 0 Å². The number of piperazine rings is 1. The van der Waals surface area contributed by atoms with Gasteiger partial charge in [0.2, 0.25) is 5.91 Å². The van der Waals surface area contributed by atoms with Crippen molar-refractivity contribution in [2.45, 2.75) is 40.2 Å². The molecule has 0 unspecified atom stereocenters. The highest BCUT2D eigenvalue weighted by atomic mass is 16.2. The molecule has 2 rings (SSSR count). The van der Waals surface area contributed by atoms with Crippen LogP contribution in [0.3, 0.4) is 0 Å². The van der Waals surface area contributed by atoms with Gasteiger partial charge in [-0.3, -0.25) is 9.69 Å². The fourth-order valence-corrected chi connectivity index (χ4v) is 3.36. The fraction of sp³-hybridized carbons (Fsp3) is 0.938. The van der Waals surface area contributed by atoms with Crippen LogP contribution in [0.5, 0.6) is 0 Å². The normalized spacial score (nSPS) is 25.9. The molecule has 2 heterocycles. The molecule has 0 spiro atoms. The summed E-state index contributed by atoms with van der Waals surface area (Å²) in [4.78, 5) is 19.1. The standard InChI is InChI=1S/C16H31N3O/c1-13(2)16(20)18-9-7-17(8-10-18)11-15-5-6-19(12-15)14(3)4/h13-15H,5-12H2,1-4H3/t15-/m1/s1. The highest BCUT2D eigenvalue weighted by Crippen LogP contribution is 2.20. The van der Waals surface area contributed by atoms with E-state index < -0.39 is 0 Å². The van der Waals surface area contributed by atoms with Gasteiger partial charge in [-0.2, -0.15) is 0 Å². The van der Waals surface area contributed by atoms with E-state index >= 15 is 0 Å². The maximum atomic E-state index is 12.0. The average Bonchev–Trinajstić information content (AvgIpc) is 2.87. The third-order valence-corrected chi connectivity index (χ3v) is 4.74. The lowest BCUT2D eigenvalue weighted by Crippen LogP contribution is -2.50. The molecule has 0 aromatic carbocycles. The Morgan fingerprint density at radius 2 is 1.70 bits per heavy atom. The Morgan fingerprint density at radius 1 is 1.05 bits per heavy atom. The average molecular weight is 281 g/mol. The van der Waals surface area contributed by atoms with Crippen LogP contribution in [0.4, 0.5) is 0 Å². The molecule has 0 aromatic rings. The van der Waals surface area contributed by atoms with Gasteiger partial charge in [0.05, 0.1) is 0 Å². The van der Waals surface area contributed by atoms with E-state index in [1.54, 1.807) is 0 Å². The second kappa shape index (κ2) is 6.90. The number of carbonyl (C=O) groups excluding carboxylic acids is 1. The quantitative estimate of drug-likeness (QED) is 0.782. The molecule has 20 heavy (non-hydrogen) atoms. The summed E-state index contributed by atoms with van der Waals surface area (Å²) < 4.78 is 0. The van der Waals surface area contributed by atoms with Crippen LogP contribution in [0.1, 0.15) is 34.1 Å². The molecule has 0 aliphatic carbocycles. The zero-order chi connectivity index (χ0) is 14.7. The maximum absolute atomic E-state index is 12.0. The van der Waals surface area contributed by atoms with E-state index in [0.717, 1.165) is 32.1 Å². The summed E-state index contributed by atoms with van der Waals surface area (Å²) in [7, 11) is 0. The first kappa shape index (κ1) is 15.8. The predicted molar refractivity (Wildman–Crippen MR) is 82.7 cm³/mol. The minimum absolute atomic E-state index is 0.135. The molecule has 2 saturated heterocycles. The van der Waals surface area contributed by atoms with E-state index in [9.17, 15) is 4.79 Å². The number of rotatable bonds is 4. The Bertz CT molecular complexity index is 322. The molecule has 2 aliphatic rings. The lowest BCUT2D eigenvalue weighted by Gasteiger charge is -2.36. The molecular weight excluding hydrogens is 250 g/mol. The largest absolute Gasteiger partial charge is 0.340 e. The lowest BCUT2D eigenvalue weighted by molar-refractivity contribution is -0.136. The van der Waals surface area contributed by atoms with E-state index in [4.69, 9.17) is 0 Å². The van der Waals surface area contributed by atoms with E-state index in [1.165, 1.54) is 26.1 Å². The van der Waals surface area contributed by atoms with Crippen molar-refractivity contribution in [2.75, 3.05) is 45.8 Å². The van der Waals surface area contributed by atoms with Crippen LogP contribution < -0.4 is 0 Å². The Labute approximate surface area is 124 Å². The predicted octanol–water partition coefficient (Wildman–Crippen LogP) is 1.52. The topological polar surface area (TPSA) is 26.8 Å². The summed E-state index contributed by atoms with van der Waals surface area (Å²) in [6.45, 7) is 16.2. The van der Waals surface area contributed by atoms with Gasteiger partial charge in [-0.05, 0) is 32.7 Å². The van der Waals surface area contributed by atoms with Gasteiger partial charge in [0.1, 0.15) is 0 Å². The van der Waals surface area contributed by atoms with Crippen LogP contribution in [0.25, 0.3) is 0 Å². The Morgan fingerprint density at radius 3 is 2.20 bits per heavy atom. The van der Waals surface area contributed by atoms with Gasteiger partial charge < -0.3 is 9.80 Å². The first-order chi connectivity index (χ1) is 9.47. The number of nitrogens with zero attached hydrogens (tertiary/aromatic N) is 3. The summed E-state index contributed by atoms with van der Waals surface area (Å²) in [5.74, 6) is 1.28. The number of carbonyl (C=O) groups is 1. The molecule has 2 fully saturated rings. The summed E-state index contributed by atoms with van der Waals surface area (Å²) in [5, 5.41) is 0. The van der Waals surface area contributed by atoms with Crippen molar-refractivity contribution < 1.29 is 4.79 Å². The number of likely N-dealkylation sites (tertiary alicyclic amines) is 1. The molecule has 116 valence electrons. The summed E-state index contributed by atoms with van der Waals surface area (Å²) in [5.41, 5.74) is 0. The minimum atomic E-state index is 0.135. The second-order valence-corrected chi connectivity index (χ2v) is 7.02. The van der Waals surface area contributed by atoms with Crippen LogP contribution in [0.15, 0.2) is 0 Å². The van der Waals surface area contributed by atoms with Crippen LogP contribution in [-0.2, 0) is 4.79 Å². The van der Waals surface area contributed by atoms with Crippen molar-refractivity contribution in [3.05, 3.63) is 0 Å². The van der Waals surface area contributed by atoms with Gasteiger partial charge in [-0.15, -0.1) is 0 Å². The lowest BCUT2D eigenvalue weighted by atomic mass is 10.1. The monoisotopic (exact) mass is 281 g/mol. The van der Waals surface area contributed by atoms with Gasteiger partial charge in [0.25, 0.3) is 0 Å². The molecule has 4 heteroatoms. The summed E-state index contributed by atoms with van der Waals surface area (Å²) in [6.07, 6.45) is 1.34. The highest BCUT2D eigenvalue weighted by molar-refractivity contribution is 5.78. The van der Waals surface area contributed by atoms with E-state index in [-0.39, 0.29) is 5.92 Å². The molecule has 0 saturated carbocycles. The van der Waals surface area contributed by atoms with Crippen molar-refractivity contribution >= 4 is 5.91 Å². The minimum Gasteiger partial charge on any atom is -0.340 e. The molecule has 1 atom stereocenters. The fourth-order valence-electron chi connectivity index (χ4n) is 3.36. The van der Waals surface area contributed by atoms with Crippen LogP contribution in [0.2, 0.25) is 0 Å². The number of hydrogen-bond acceptors (Lipinski definition) is 3. The van der Waals surface area contributed by atoms with E-state index in [0.29, 0.717) is 11.9 Å². The third-order valence-electron chi connectivity index (χ3n) is 4.74. The molecule has 0 radical (unpaired) electrons. The maximum Gasteiger partial charge on any atom is 0.225 e. The van der Waals surface area contributed by atoms with Gasteiger partial charge in [-0.25, -0.2) is 0 Å². The molecular formula is C16H31N3O. The van der Waals surface area contributed by atoms with Crippen LogP contribution in [-0.4, -0.2) is 72.5 Å². The van der Waals surface area contributed by atoms with Crippen molar-refractivity contribution in [2.24, 2.45) is 11.8 Å². The zero-order valence-corrected chi connectivity index (χ0v) is 13.6. The smallest absolute Gasteiger partial charge is 0.225 e. The SMILES string of the molecule is CC(C)C(=O)N1CCN(C[C@H]2CCN(C(C)C)C2)CC1. The van der Waals surface area contributed by atoms with E-state index in [1.807, 2.05) is 18.7 Å². The summed E-state index contributed by atoms with van der Waals surface area (Å²) in [6, 6.07) is 0.681. The Balaban J connectivity index is 1.71. The third kappa shape index (κ3) is 3.95. The second-order valence-electron chi connectivity index (χ2n) is 7.02. The molecule has 2 aliphatic heterocycles. The molecule has 4 nitrogen and oxygen atoms in total. The van der Waals surface area contributed by atoms with Crippen molar-refractivity contribution in [1.29, 1.82) is 0 Å². The first-order valence-corrected chi connectivity index (χ1v) is 8.22.